The minimum Gasteiger partial charge on any atom is -0.508 e. The summed E-state index contributed by atoms with van der Waals surface area (Å²) in [5.41, 5.74) is 0. The Labute approximate surface area is 90.4 Å². The highest BCUT2D eigenvalue weighted by Gasteiger charge is 2.05. The molecule has 1 nitrogen and oxygen atoms in total. The molecule has 0 aliphatic carbocycles. The maximum Gasteiger partial charge on any atom is 0.118 e. The van der Waals surface area contributed by atoms with Crippen molar-refractivity contribution in [3.63, 3.8) is 0 Å². The van der Waals surface area contributed by atoms with Crippen LogP contribution in [-0.4, -0.2) is 5.11 Å². The third-order valence-corrected chi connectivity index (χ3v) is 3.68. The first-order chi connectivity index (χ1) is 6.20. The lowest BCUT2D eigenvalue weighted by atomic mass is 10.2. The van der Waals surface area contributed by atoms with Gasteiger partial charge in [-0.2, -0.15) is 0 Å². The Kier molecular flexibility index (Phi) is 2.41. The van der Waals surface area contributed by atoms with E-state index in [4.69, 9.17) is 11.6 Å². The third-order valence-electron chi connectivity index (χ3n) is 1.78. The number of benzene rings is 1. The number of thiophene rings is 1. The summed E-state index contributed by atoms with van der Waals surface area (Å²) in [6.45, 7) is 0. The first-order valence-electron chi connectivity index (χ1n) is 3.71. The molecule has 0 fully saturated rings. The quantitative estimate of drug-likeness (QED) is 0.566. The van der Waals surface area contributed by atoms with Gasteiger partial charge in [0.15, 0.2) is 0 Å². The molecule has 4 heteroatoms. The van der Waals surface area contributed by atoms with E-state index in [1.54, 1.807) is 23.5 Å². The lowest BCUT2D eigenvalue weighted by Gasteiger charge is -1.95. The molecule has 0 amide bonds. The van der Waals surface area contributed by atoms with Crippen molar-refractivity contribution in [1.82, 2.24) is 0 Å². The molecule has 2 rings (SSSR count). The zero-order valence-electron chi connectivity index (χ0n) is 6.62. The fourth-order valence-corrected chi connectivity index (χ4v) is 2.83. The third kappa shape index (κ3) is 1.64. The average molecular weight is 231 g/mol. The molecule has 2 aromatic rings. The number of rotatable bonds is 1. The summed E-state index contributed by atoms with van der Waals surface area (Å²) in [7, 11) is 0. The van der Waals surface area contributed by atoms with Gasteiger partial charge in [0.1, 0.15) is 5.75 Å². The standard InChI is InChI=1S/C9H7ClOS2/c10-4-6-3-7-8(12)1-5(11)2-9(7)13-6/h1-3,11-12H,4H2. The van der Waals surface area contributed by atoms with Crippen LogP contribution in [-0.2, 0) is 5.88 Å². The van der Waals surface area contributed by atoms with Crippen molar-refractivity contribution in [2.75, 3.05) is 0 Å². The predicted octanol–water partition coefficient (Wildman–Crippen LogP) is 3.63. The summed E-state index contributed by atoms with van der Waals surface area (Å²) >= 11 is 11.6. The minimum absolute atomic E-state index is 0.250. The second kappa shape index (κ2) is 3.40. The molecule has 68 valence electrons. The van der Waals surface area contributed by atoms with Crippen LogP contribution in [0.1, 0.15) is 4.88 Å². The summed E-state index contributed by atoms with van der Waals surface area (Å²) < 4.78 is 1.03. The number of alkyl halides is 1. The number of phenolic OH excluding ortho intramolecular Hbond substituents is 1. The molecular formula is C9H7ClOS2. The van der Waals surface area contributed by atoms with Gasteiger partial charge in [-0.25, -0.2) is 0 Å². The Morgan fingerprint density at radius 1 is 1.38 bits per heavy atom. The van der Waals surface area contributed by atoms with Gasteiger partial charge in [-0.1, -0.05) is 0 Å². The van der Waals surface area contributed by atoms with E-state index in [2.05, 4.69) is 12.6 Å². The molecule has 0 aliphatic heterocycles. The lowest BCUT2D eigenvalue weighted by molar-refractivity contribution is 0.475. The van der Waals surface area contributed by atoms with Gasteiger partial charge < -0.3 is 5.11 Å². The van der Waals surface area contributed by atoms with E-state index in [1.165, 1.54) is 0 Å². The molecule has 1 aromatic heterocycles. The zero-order chi connectivity index (χ0) is 9.42. The number of hydrogen-bond donors (Lipinski definition) is 2. The molecule has 0 bridgehead atoms. The van der Waals surface area contributed by atoms with Crippen molar-refractivity contribution < 1.29 is 5.11 Å². The molecule has 0 radical (unpaired) electrons. The van der Waals surface area contributed by atoms with Crippen LogP contribution in [0.4, 0.5) is 0 Å². The SMILES string of the molecule is Oc1cc(S)c2cc(CCl)sc2c1. The van der Waals surface area contributed by atoms with Gasteiger partial charge in [0, 0.05) is 19.9 Å². The molecule has 0 saturated carbocycles. The van der Waals surface area contributed by atoms with Gasteiger partial charge in [-0.05, 0) is 18.2 Å². The highest BCUT2D eigenvalue weighted by Crippen LogP contribution is 2.34. The van der Waals surface area contributed by atoms with E-state index >= 15 is 0 Å². The highest BCUT2D eigenvalue weighted by atomic mass is 35.5. The number of fused-ring (bicyclic) bond motifs is 1. The number of aromatic hydroxyl groups is 1. The van der Waals surface area contributed by atoms with Crippen LogP contribution in [0, 0.1) is 0 Å². The summed E-state index contributed by atoms with van der Waals surface area (Å²) in [6.07, 6.45) is 0. The summed E-state index contributed by atoms with van der Waals surface area (Å²) in [5.74, 6) is 0.758. The van der Waals surface area contributed by atoms with Crippen LogP contribution in [0.5, 0.6) is 5.75 Å². The van der Waals surface area contributed by atoms with Gasteiger partial charge in [-0.3, -0.25) is 0 Å². The van der Waals surface area contributed by atoms with Crippen molar-refractivity contribution in [3.8, 4) is 5.75 Å². The Hall–Kier alpha value is -0.380. The van der Waals surface area contributed by atoms with Crippen LogP contribution in [0.25, 0.3) is 10.1 Å². The molecule has 1 heterocycles. The lowest BCUT2D eigenvalue weighted by Crippen LogP contribution is -1.68. The van der Waals surface area contributed by atoms with Crippen molar-refractivity contribution in [2.24, 2.45) is 0 Å². The molecule has 0 spiro atoms. The van der Waals surface area contributed by atoms with Gasteiger partial charge >= 0.3 is 0 Å². The molecule has 0 saturated heterocycles. The maximum atomic E-state index is 9.32. The average Bonchev–Trinajstić information content (AvgIpc) is 2.47. The normalized spacial score (nSPS) is 10.9. The molecule has 0 atom stereocenters. The largest absolute Gasteiger partial charge is 0.508 e. The van der Waals surface area contributed by atoms with E-state index in [9.17, 15) is 5.11 Å². The number of halogens is 1. The first-order valence-corrected chi connectivity index (χ1v) is 5.51. The number of phenols is 1. The van der Waals surface area contributed by atoms with Crippen LogP contribution < -0.4 is 0 Å². The maximum absolute atomic E-state index is 9.32. The fraction of sp³-hybridized carbons (Fsp3) is 0.111. The Balaban J connectivity index is 2.75. The minimum atomic E-state index is 0.250. The van der Waals surface area contributed by atoms with Crippen molar-refractivity contribution in [3.05, 3.63) is 23.1 Å². The van der Waals surface area contributed by atoms with Gasteiger partial charge in [0.25, 0.3) is 0 Å². The Morgan fingerprint density at radius 3 is 2.85 bits per heavy atom. The Bertz CT molecular complexity index is 450. The van der Waals surface area contributed by atoms with E-state index in [0.717, 1.165) is 19.9 Å². The van der Waals surface area contributed by atoms with Crippen LogP contribution in [0.15, 0.2) is 23.1 Å². The van der Waals surface area contributed by atoms with E-state index in [-0.39, 0.29) is 5.75 Å². The van der Waals surface area contributed by atoms with E-state index in [0.29, 0.717) is 5.88 Å². The summed E-state index contributed by atoms with van der Waals surface area (Å²) in [4.78, 5) is 1.89. The predicted molar refractivity (Wildman–Crippen MR) is 60.3 cm³/mol. The van der Waals surface area contributed by atoms with Crippen LogP contribution >= 0.6 is 35.6 Å². The molecule has 0 unspecified atom stereocenters. The van der Waals surface area contributed by atoms with Crippen molar-refractivity contribution in [2.45, 2.75) is 10.8 Å². The van der Waals surface area contributed by atoms with E-state index in [1.807, 2.05) is 6.07 Å². The second-order valence-corrected chi connectivity index (χ2v) is 4.64. The summed E-state index contributed by atoms with van der Waals surface area (Å²) in [6, 6.07) is 5.38. The van der Waals surface area contributed by atoms with E-state index < -0.39 is 0 Å². The molecule has 1 aromatic carbocycles. The van der Waals surface area contributed by atoms with Gasteiger partial charge in [-0.15, -0.1) is 35.6 Å². The molecule has 0 aliphatic rings. The van der Waals surface area contributed by atoms with Gasteiger partial charge in [0.2, 0.25) is 0 Å². The van der Waals surface area contributed by atoms with Crippen molar-refractivity contribution >= 4 is 45.7 Å². The van der Waals surface area contributed by atoms with Crippen LogP contribution in [0.2, 0.25) is 0 Å². The highest BCUT2D eigenvalue weighted by molar-refractivity contribution is 7.80. The molecule has 1 N–H and O–H groups in total. The smallest absolute Gasteiger partial charge is 0.118 e. The Morgan fingerprint density at radius 2 is 2.15 bits per heavy atom. The monoisotopic (exact) mass is 230 g/mol. The van der Waals surface area contributed by atoms with Crippen molar-refractivity contribution in [1.29, 1.82) is 0 Å². The number of hydrogen-bond acceptors (Lipinski definition) is 3. The molecule has 13 heavy (non-hydrogen) atoms. The summed E-state index contributed by atoms with van der Waals surface area (Å²) in [5, 5.41) is 10.4. The topological polar surface area (TPSA) is 20.2 Å². The fourth-order valence-electron chi connectivity index (χ4n) is 1.22. The zero-order valence-corrected chi connectivity index (χ0v) is 9.09. The first kappa shape index (κ1) is 9.19. The van der Waals surface area contributed by atoms with Gasteiger partial charge in [0.05, 0.1) is 5.88 Å². The van der Waals surface area contributed by atoms with Crippen LogP contribution in [0.3, 0.4) is 0 Å². The number of thiol groups is 1. The second-order valence-electron chi connectivity index (χ2n) is 2.72. The molecular weight excluding hydrogens is 224 g/mol.